The minimum atomic E-state index is -4.17. The van der Waals surface area contributed by atoms with Crippen LogP contribution in [0, 0.1) is 0 Å². The lowest BCUT2D eigenvalue weighted by Gasteiger charge is -2.24. The molecule has 10 heteroatoms. The zero-order valence-corrected chi connectivity index (χ0v) is 20.0. The van der Waals surface area contributed by atoms with E-state index in [1.54, 1.807) is 24.3 Å². The van der Waals surface area contributed by atoms with Crippen molar-refractivity contribution in [1.82, 2.24) is 5.32 Å². The van der Waals surface area contributed by atoms with E-state index in [4.69, 9.17) is 27.9 Å². The van der Waals surface area contributed by atoms with Gasteiger partial charge in [-0.05, 0) is 55.8 Å². The fourth-order valence-corrected chi connectivity index (χ4v) is 4.71. The van der Waals surface area contributed by atoms with E-state index in [1.807, 2.05) is 13.8 Å². The van der Waals surface area contributed by atoms with E-state index in [0.717, 1.165) is 16.8 Å². The number of anilines is 1. The van der Waals surface area contributed by atoms with Crippen LogP contribution in [0.2, 0.25) is 10.0 Å². The Balaban J connectivity index is 2.31. The quantitative estimate of drug-likeness (QED) is 0.385. The smallest absolute Gasteiger partial charge is 0.338 e. The zero-order valence-electron chi connectivity index (χ0n) is 17.7. The van der Waals surface area contributed by atoms with E-state index in [0.29, 0.717) is 10.7 Å². The van der Waals surface area contributed by atoms with Crippen molar-refractivity contribution in [3.05, 3.63) is 70.7 Å². The largest absolute Gasteiger partial charge is 0.452 e. The summed E-state index contributed by atoms with van der Waals surface area (Å²) in [5.41, 5.74) is 0.291. The number of sulfonamides is 1. The van der Waals surface area contributed by atoms with Gasteiger partial charge in [-0.1, -0.05) is 36.2 Å². The number of rotatable bonds is 10. The van der Waals surface area contributed by atoms with Gasteiger partial charge in [0, 0.05) is 11.1 Å². The molecule has 0 heterocycles. The lowest BCUT2D eigenvalue weighted by Crippen LogP contribution is -2.35. The third-order valence-corrected chi connectivity index (χ3v) is 7.03. The molecule has 0 fully saturated rings. The van der Waals surface area contributed by atoms with Crippen molar-refractivity contribution in [3.8, 4) is 0 Å². The van der Waals surface area contributed by atoms with Crippen molar-refractivity contribution in [2.24, 2.45) is 0 Å². The van der Waals surface area contributed by atoms with Gasteiger partial charge in [0.05, 0.1) is 22.8 Å². The van der Waals surface area contributed by atoms with Gasteiger partial charge < -0.3 is 10.1 Å². The second-order valence-electron chi connectivity index (χ2n) is 6.90. The average Bonchev–Trinajstić information content (AvgIpc) is 2.76. The van der Waals surface area contributed by atoms with Gasteiger partial charge >= 0.3 is 5.97 Å². The lowest BCUT2D eigenvalue weighted by molar-refractivity contribution is -0.124. The molecule has 0 spiro atoms. The summed E-state index contributed by atoms with van der Waals surface area (Å²) in [5, 5.41) is 3.05. The minimum Gasteiger partial charge on any atom is -0.452 e. The Bertz CT molecular complexity index is 1090. The topological polar surface area (TPSA) is 92.8 Å². The van der Waals surface area contributed by atoms with Crippen LogP contribution < -0.4 is 9.62 Å². The van der Waals surface area contributed by atoms with Crippen molar-refractivity contribution < 1.29 is 22.7 Å². The Morgan fingerprint density at radius 1 is 1.19 bits per heavy atom. The number of nitrogens with zero attached hydrogens (tertiary/aromatic N) is 1. The van der Waals surface area contributed by atoms with Gasteiger partial charge in [0.2, 0.25) is 0 Å². The molecule has 32 heavy (non-hydrogen) atoms. The second kappa shape index (κ2) is 11.4. The SMILES string of the molecule is C=CCN(c1ccc(Cl)cc1)S(=O)(=O)c1cc(C(=O)OCC(=O)N[C@@H](C)CC)ccc1Cl. The summed E-state index contributed by atoms with van der Waals surface area (Å²) >= 11 is 12.1. The monoisotopic (exact) mass is 498 g/mol. The second-order valence-corrected chi connectivity index (χ2v) is 9.57. The van der Waals surface area contributed by atoms with E-state index >= 15 is 0 Å². The van der Waals surface area contributed by atoms with Crippen LogP contribution in [-0.4, -0.2) is 39.5 Å². The first-order chi connectivity index (χ1) is 15.1. The molecule has 0 bridgehead atoms. The third-order valence-electron chi connectivity index (χ3n) is 4.50. The van der Waals surface area contributed by atoms with E-state index in [2.05, 4.69) is 11.9 Å². The maximum Gasteiger partial charge on any atom is 0.338 e. The molecule has 7 nitrogen and oxygen atoms in total. The number of nitrogens with one attached hydrogen (secondary N) is 1. The highest BCUT2D eigenvalue weighted by molar-refractivity contribution is 7.93. The molecule has 1 N–H and O–H groups in total. The molecule has 0 aromatic heterocycles. The highest BCUT2D eigenvalue weighted by Gasteiger charge is 2.28. The molecule has 0 saturated heterocycles. The van der Waals surface area contributed by atoms with E-state index < -0.39 is 28.5 Å². The third kappa shape index (κ3) is 6.48. The molecule has 2 aromatic rings. The van der Waals surface area contributed by atoms with Crippen LogP contribution in [0.4, 0.5) is 5.69 Å². The Morgan fingerprint density at radius 2 is 1.84 bits per heavy atom. The van der Waals surface area contributed by atoms with Crippen molar-refractivity contribution in [3.63, 3.8) is 0 Å². The van der Waals surface area contributed by atoms with Crippen LogP contribution in [0.25, 0.3) is 0 Å². The van der Waals surface area contributed by atoms with Crippen LogP contribution in [0.5, 0.6) is 0 Å². The maximum atomic E-state index is 13.4. The molecule has 0 aliphatic rings. The number of benzene rings is 2. The van der Waals surface area contributed by atoms with Gasteiger partial charge in [-0.15, -0.1) is 6.58 Å². The number of hydrogen-bond acceptors (Lipinski definition) is 5. The van der Waals surface area contributed by atoms with Gasteiger partial charge in [0.25, 0.3) is 15.9 Å². The van der Waals surface area contributed by atoms with E-state index in [9.17, 15) is 18.0 Å². The van der Waals surface area contributed by atoms with Crippen LogP contribution in [0.15, 0.2) is 60.0 Å². The Kier molecular flexibility index (Phi) is 9.12. The first-order valence-corrected chi connectivity index (χ1v) is 11.9. The fraction of sp³-hybridized carbons (Fsp3) is 0.273. The molecule has 2 rings (SSSR count). The summed E-state index contributed by atoms with van der Waals surface area (Å²) in [6.07, 6.45) is 2.15. The first kappa shape index (κ1) is 25.7. The number of ether oxygens (including phenoxy) is 1. The van der Waals surface area contributed by atoms with E-state index in [1.165, 1.54) is 18.2 Å². The normalized spacial score (nSPS) is 12.0. The molecule has 172 valence electrons. The summed E-state index contributed by atoms with van der Waals surface area (Å²) in [4.78, 5) is 24.0. The number of hydrogen-bond donors (Lipinski definition) is 1. The summed E-state index contributed by atoms with van der Waals surface area (Å²) < 4.78 is 32.8. The molecule has 1 atom stereocenters. The molecular formula is C22H24Cl2N2O5S. The predicted octanol–water partition coefficient (Wildman–Crippen LogP) is 4.45. The van der Waals surface area contributed by atoms with Crippen LogP contribution >= 0.6 is 23.2 Å². The van der Waals surface area contributed by atoms with Gasteiger partial charge in [0.1, 0.15) is 4.90 Å². The van der Waals surface area contributed by atoms with Gasteiger partial charge in [-0.2, -0.15) is 0 Å². The number of carbonyl (C=O) groups excluding carboxylic acids is 2. The molecule has 0 radical (unpaired) electrons. The molecule has 1 amide bonds. The molecule has 0 aliphatic carbocycles. The highest BCUT2D eigenvalue weighted by Crippen LogP contribution is 2.30. The predicted molar refractivity (Wildman–Crippen MR) is 126 cm³/mol. The standard InChI is InChI=1S/C22H24Cl2N2O5S/c1-4-12-26(18-9-7-17(23)8-10-18)32(29,30)20-13-16(6-11-19(20)24)22(28)31-14-21(27)25-15(3)5-2/h4,6-11,13,15H,1,5,12,14H2,2-3H3,(H,25,27)/t15-/m0/s1. The summed E-state index contributed by atoms with van der Waals surface area (Å²) in [7, 11) is -4.17. The minimum absolute atomic E-state index is 0.0370. The van der Waals surface area contributed by atoms with Crippen LogP contribution in [-0.2, 0) is 19.6 Å². The van der Waals surface area contributed by atoms with Crippen LogP contribution in [0.1, 0.15) is 30.6 Å². The number of halogens is 2. The van der Waals surface area contributed by atoms with Gasteiger partial charge in [0.15, 0.2) is 6.61 Å². The Hall–Kier alpha value is -2.55. The maximum absolute atomic E-state index is 13.4. The summed E-state index contributed by atoms with van der Waals surface area (Å²) in [6, 6.07) is 9.89. The van der Waals surface area contributed by atoms with Crippen LogP contribution in [0.3, 0.4) is 0 Å². The highest BCUT2D eigenvalue weighted by atomic mass is 35.5. The van der Waals surface area contributed by atoms with Crippen molar-refractivity contribution in [1.29, 1.82) is 0 Å². The van der Waals surface area contributed by atoms with Gasteiger partial charge in [-0.3, -0.25) is 9.10 Å². The van der Waals surface area contributed by atoms with Crippen molar-refractivity contribution >= 4 is 50.8 Å². The van der Waals surface area contributed by atoms with Gasteiger partial charge in [-0.25, -0.2) is 13.2 Å². The number of carbonyl (C=O) groups is 2. The molecule has 0 unspecified atom stereocenters. The fourth-order valence-electron chi connectivity index (χ4n) is 2.65. The van der Waals surface area contributed by atoms with Crippen molar-refractivity contribution in [2.75, 3.05) is 17.5 Å². The molecule has 0 saturated carbocycles. The molecular weight excluding hydrogens is 475 g/mol. The van der Waals surface area contributed by atoms with E-state index in [-0.39, 0.29) is 28.1 Å². The summed E-state index contributed by atoms with van der Waals surface area (Å²) in [6.45, 7) is 6.82. The molecule has 2 aromatic carbocycles. The van der Waals surface area contributed by atoms with Crippen molar-refractivity contribution in [2.45, 2.75) is 31.2 Å². The average molecular weight is 499 g/mol. The molecule has 0 aliphatic heterocycles. The number of esters is 1. The lowest BCUT2D eigenvalue weighted by atomic mass is 10.2. The zero-order chi connectivity index (χ0) is 23.9. The number of amides is 1. The Morgan fingerprint density at radius 3 is 2.44 bits per heavy atom. The Labute approximate surface area is 198 Å². The summed E-state index contributed by atoms with van der Waals surface area (Å²) in [5.74, 6) is -1.30. The first-order valence-electron chi connectivity index (χ1n) is 9.75.